The number of carbonyl (C=O) groups excluding carboxylic acids is 2. The number of esters is 1. The lowest BCUT2D eigenvalue weighted by Crippen LogP contribution is -2.25. The number of nitrogens with one attached hydrogen (secondary N) is 2. The molecule has 0 radical (unpaired) electrons. The number of carbonyl (C=O) groups is 2. The van der Waals surface area contributed by atoms with Crippen LogP contribution in [0, 0.1) is 13.8 Å². The molecule has 0 spiro atoms. The zero-order chi connectivity index (χ0) is 20.7. The van der Waals surface area contributed by atoms with Crippen LogP contribution >= 0.6 is 0 Å². The van der Waals surface area contributed by atoms with Gasteiger partial charge in [0.25, 0.3) is 5.91 Å². The molecule has 0 aromatic heterocycles. The Balaban J connectivity index is 2.00. The summed E-state index contributed by atoms with van der Waals surface area (Å²) in [6.45, 7) is 5.44. The first kappa shape index (κ1) is 21.6. The summed E-state index contributed by atoms with van der Waals surface area (Å²) in [4.78, 5) is 24.2. The molecule has 0 fully saturated rings. The van der Waals surface area contributed by atoms with Crippen LogP contribution in [-0.4, -0.2) is 33.4 Å². The van der Waals surface area contributed by atoms with E-state index < -0.39 is 28.5 Å². The maximum Gasteiger partial charge on any atom is 0.338 e. The Morgan fingerprint density at radius 3 is 2.54 bits per heavy atom. The van der Waals surface area contributed by atoms with E-state index >= 15 is 0 Å². The van der Waals surface area contributed by atoms with Gasteiger partial charge >= 0.3 is 5.97 Å². The Hall–Kier alpha value is -2.71. The van der Waals surface area contributed by atoms with E-state index in [0.29, 0.717) is 18.7 Å². The Kier molecular flexibility index (Phi) is 7.31. The number of amides is 1. The molecule has 2 aromatic rings. The number of hydrogen-bond donors (Lipinski definition) is 2. The predicted molar refractivity (Wildman–Crippen MR) is 107 cm³/mol. The maximum atomic E-state index is 12.2. The van der Waals surface area contributed by atoms with Gasteiger partial charge in [-0.25, -0.2) is 17.9 Å². The number of rotatable bonds is 8. The molecule has 0 bridgehead atoms. The molecule has 2 aromatic carbocycles. The minimum atomic E-state index is -3.70. The van der Waals surface area contributed by atoms with Crippen molar-refractivity contribution >= 4 is 27.6 Å². The SMILES string of the molecule is CCCNS(=O)(=O)c1cccc(C(=O)OCC(=O)Nc2cc(C)ccc2C)c1. The van der Waals surface area contributed by atoms with E-state index in [1.165, 1.54) is 24.3 Å². The van der Waals surface area contributed by atoms with Crippen molar-refractivity contribution in [3.63, 3.8) is 0 Å². The van der Waals surface area contributed by atoms with E-state index in [1.807, 2.05) is 39.0 Å². The Labute approximate surface area is 165 Å². The molecule has 28 heavy (non-hydrogen) atoms. The second kappa shape index (κ2) is 9.48. The fourth-order valence-electron chi connectivity index (χ4n) is 2.38. The first-order chi connectivity index (χ1) is 13.2. The van der Waals surface area contributed by atoms with E-state index in [-0.39, 0.29) is 10.5 Å². The van der Waals surface area contributed by atoms with Gasteiger partial charge in [0.1, 0.15) is 0 Å². The van der Waals surface area contributed by atoms with Gasteiger partial charge in [-0.15, -0.1) is 0 Å². The van der Waals surface area contributed by atoms with Crippen molar-refractivity contribution in [3.8, 4) is 0 Å². The molecule has 2 rings (SSSR count). The van der Waals surface area contributed by atoms with Gasteiger partial charge in [-0.3, -0.25) is 4.79 Å². The number of benzene rings is 2. The second-order valence-corrected chi connectivity index (χ2v) is 8.14. The summed E-state index contributed by atoms with van der Waals surface area (Å²) < 4.78 is 31.8. The monoisotopic (exact) mass is 404 g/mol. The molecule has 0 heterocycles. The number of hydrogen-bond acceptors (Lipinski definition) is 5. The molecule has 150 valence electrons. The first-order valence-electron chi connectivity index (χ1n) is 8.87. The maximum absolute atomic E-state index is 12.2. The van der Waals surface area contributed by atoms with Crippen LogP contribution in [-0.2, 0) is 19.6 Å². The first-order valence-corrected chi connectivity index (χ1v) is 10.3. The highest BCUT2D eigenvalue weighted by Gasteiger charge is 2.17. The highest BCUT2D eigenvalue weighted by Crippen LogP contribution is 2.16. The molecular formula is C20H24N2O5S. The fourth-order valence-corrected chi connectivity index (χ4v) is 3.56. The van der Waals surface area contributed by atoms with Gasteiger partial charge in [0.2, 0.25) is 10.0 Å². The summed E-state index contributed by atoms with van der Waals surface area (Å²) in [5.41, 5.74) is 2.59. The summed E-state index contributed by atoms with van der Waals surface area (Å²) in [6.07, 6.45) is 0.649. The molecule has 1 amide bonds. The van der Waals surface area contributed by atoms with Gasteiger partial charge < -0.3 is 10.1 Å². The number of ether oxygens (including phenoxy) is 1. The van der Waals surface area contributed by atoms with E-state index in [2.05, 4.69) is 10.0 Å². The van der Waals surface area contributed by atoms with Crippen molar-refractivity contribution in [2.24, 2.45) is 0 Å². The number of aryl methyl sites for hydroxylation is 2. The zero-order valence-corrected chi connectivity index (χ0v) is 16.9. The molecule has 0 unspecified atom stereocenters. The van der Waals surface area contributed by atoms with Gasteiger partial charge in [0.05, 0.1) is 10.5 Å². The number of anilines is 1. The van der Waals surface area contributed by atoms with E-state index in [1.54, 1.807) is 0 Å². The summed E-state index contributed by atoms with van der Waals surface area (Å²) in [5.74, 6) is -1.25. The molecule has 0 aliphatic heterocycles. The molecule has 0 aliphatic carbocycles. The van der Waals surface area contributed by atoms with Gasteiger partial charge in [-0.1, -0.05) is 25.1 Å². The Morgan fingerprint density at radius 2 is 1.82 bits per heavy atom. The average Bonchev–Trinajstić information content (AvgIpc) is 2.67. The van der Waals surface area contributed by atoms with Crippen LogP contribution < -0.4 is 10.0 Å². The van der Waals surface area contributed by atoms with Crippen molar-refractivity contribution in [2.45, 2.75) is 32.1 Å². The largest absolute Gasteiger partial charge is 0.452 e. The fraction of sp³-hybridized carbons (Fsp3) is 0.300. The molecule has 0 saturated heterocycles. The third kappa shape index (κ3) is 5.90. The average molecular weight is 404 g/mol. The molecule has 0 aliphatic rings. The normalized spacial score (nSPS) is 11.1. The van der Waals surface area contributed by atoms with Gasteiger partial charge in [-0.05, 0) is 55.7 Å². The van der Waals surface area contributed by atoms with Crippen molar-refractivity contribution in [1.82, 2.24) is 4.72 Å². The zero-order valence-electron chi connectivity index (χ0n) is 16.1. The van der Waals surface area contributed by atoms with Crippen molar-refractivity contribution < 1.29 is 22.7 Å². The highest BCUT2D eigenvalue weighted by atomic mass is 32.2. The third-order valence-electron chi connectivity index (χ3n) is 3.92. The molecular weight excluding hydrogens is 380 g/mol. The van der Waals surface area contributed by atoms with Gasteiger partial charge in [0.15, 0.2) is 6.61 Å². The van der Waals surface area contributed by atoms with Crippen LogP contribution in [0.4, 0.5) is 5.69 Å². The van der Waals surface area contributed by atoms with E-state index in [9.17, 15) is 18.0 Å². The highest BCUT2D eigenvalue weighted by molar-refractivity contribution is 7.89. The van der Waals surface area contributed by atoms with E-state index in [4.69, 9.17) is 4.74 Å². The summed E-state index contributed by atoms with van der Waals surface area (Å²) in [5, 5.41) is 2.69. The molecule has 2 N–H and O–H groups in total. The second-order valence-electron chi connectivity index (χ2n) is 6.37. The third-order valence-corrected chi connectivity index (χ3v) is 5.38. The van der Waals surface area contributed by atoms with Crippen LogP contribution in [0.15, 0.2) is 47.4 Å². The minimum absolute atomic E-state index is 0.0322. The summed E-state index contributed by atoms with van der Waals surface area (Å²) in [7, 11) is -3.70. The molecule has 0 saturated carbocycles. The lowest BCUT2D eigenvalue weighted by atomic mass is 10.1. The van der Waals surface area contributed by atoms with Crippen LogP contribution in [0.1, 0.15) is 34.8 Å². The molecule has 7 nitrogen and oxygen atoms in total. The van der Waals surface area contributed by atoms with Crippen molar-refractivity contribution in [1.29, 1.82) is 0 Å². The summed E-state index contributed by atoms with van der Waals surface area (Å²) in [6, 6.07) is 11.1. The van der Waals surface area contributed by atoms with Gasteiger partial charge in [-0.2, -0.15) is 0 Å². The summed E-state index contributed by atoms with van der Waals surface area (Å²) >= 11 is 0. The quantitative estimate of drug-likeness (QED) is 0.659. The van der Waals surface area contributed by atoms with Gasteiger partial charge in [0, 0.05) is 12.2 Å². The topological polar surface area (TPSA) is 102 Å². The van der Waals surface area contributed by atoms with Crippen LogP contribution in [0.3, 0.4) is 0 Å². The van der Waals surface area contributed by atoms with Crippen molar-refractivity contribution in [3.05, 3.63) is 59.2 Å². The molecule has 8 heteroatoms. The predicted octanol–water partition coefficient (Wildman–Crippen LogP) is 2.79. The smallest absolute Gasteiger partial charge is 0.338 e. The lowest BCUT2D eigenvalue weighted by molar-refractivity contribution is -0.119. The Morgan fingerprint density at radius 1 is 1.07 bits per heavy atom. The van der Waals surface area contributed by atoms with Crippen LogP contribution in [0.25, 0.3) is 0 Å². The van der Waals surface area contributed by atoms with Crippen molar-refractivity contribution in [2.75, 3.05) is 18.5 Å². The minimum Gasteiger partial charge on any atom is -0.452 e. The van der Waals surface area contributed by atoms with Crippen LogP contribution in [0.2, 0.25) is 0 Å². The Bertz CT molecular complexity index is 970. The standard InChI is InChI=1S/C20H24N2O5S/c1-4-10-21-28(25,26)17-7-5-6-16(12-17)20(24)27-13-19(23)22-18-11-14(2)8-9-15(18)3/h5-9,11-12,21H,4,10,13H2,1-3H3,(H,22,23). The van der Waals surface area contributed by atoms with E-state index in [0.717, 1.165) is 11.1 Å². The molecule has 0 atom stereocenters. The number of sulfonamides is 1. The van der Waals surface area contributed by atoms with Crippen LogP contribution in [0.5, 0.6) is 0 Å². The lowest BCUT2D eigenvalue weighted by Gasteiger charge is -2.10.